The largest absolute Gasteiger partial charge is 0.494 e. The molecule has 9 nitrogen and oxygen atoms in total. The van der Waals surface area contributed by atoms with Crippen LogP contribution in [-0.4, -0.2) is 85.8 Å². The zero-order valence-electron chi connectivity index (χ0n) is 24.1. The third-order valence-corrected chi connectivity index (χ3v) is 9.79. The van der Waals surface area contributed by atoms with E-state index in [-0.39, 0.29) is 17.5 Å². The number of benzene rings is 1. The van der Waals surface area contributed by atoms with Gasteiger partial charge in [0.05, 0.1) is 36.0 Å². The number of nitrogens with one attached hydrogen (secondary N) is 1. The van der Waals surface area contributed by atoms with E-state index in [4.69, 9.17) is 21.3 Å². The minimum absolute atomic E-state index is 0.0610. The van der Waals surface area contributed by atoms with Crippen LogP contribution in [0, 0.1) is 5.92 Å². The molecule has 1 N–H and O–H groups in total. The summed E-state index contributed by atoms with van der Waals surface area (Å²) in [6, 6.07) is 6.09. The lowest BCUT2D eigenvalue weighted by Gasteiger charge is -2.43. The lowest BCUT2D eigenvalue weighted by molar-refractivity contribution is 0.128. The Hall–Kier alpha value is -2.14. The maximum Gasteiger partial charge on any atom is 0.227 e. The number of aromatic nitrogens is 2. The van der Waals surface area contributed by atoms with Crippen molar-refractivity contribution in [3.63, 3.8) is 0 Å². The van der Waals surface area contributed by atoms with Gasteiger partial charge in [-0.15, -0.1) is 0 Å². The Morgan fingerprint density at radius 1 is 1.15 bits per heavy atom. The predicted molar refractivity (Wildman–Crippen MR) is 159 cm³/mol. The fourth-order valence-electron chi connectivity index (χ4n) is 5.74. The molecule has 2 fully saturated rings. The molecule has 2 heterocycles. The molecule has 0 radical (unpaired) electrons. The van der Waals surface area contributed by atoms with Crippen LogP contribution >= 0.6 is 11.6 Å². The van der Waals surface area contributed by atoms with Gasteiger partial charge in [0, 0.05) is 56.6 Å². The van der Waals surface area contributed by atoms with Crippen molar-refractivity contribution >= 4 is 38.9 Å². The van der Waals surface area contributed by atoms with Crippen molar-refractivity contribution in [2.45, 2.75) is 64.5 Å². The molecule has 4 rings (SSSR count). The van der Waals surface area contributed by atoms with Crippen molar-refractivity contribution in [2.24, 2.45) is 5.92 Å². The summed E-state index contributed by atoms with van der Waals surface area (Å²) in [7, 11) is 0.0580. The lowest BCUT2D eigenvalue weighted by atomic mass is 9.81. The van der Waals surface area contributed by atoms with E-state index in [0.29, 0.717) is 23.1 Å². The van der Waals surface area contributed by atoms with Gasteiger partial charge in [-0.2, -0.15) is 0 Å². The molecule has 0 bridgehead atoms. The Kier molecular flexibility index (Phi) is 9.30. The lowest BCUT2D eigenvalue weighted by Crippen LogP contribution is -2.53. The van der Waals surface area contributed by atoms with Crippen LogP contribution in [0.3, 0.4) is 0 Å². The molecule has 0 unspecified atom stereocenters. The smallest absolute Gasteiger partial charge is 0.227 e. The molecule has 2 aliphatic rings. The Balaban J connectivity index is 1.48. The number of piperazine rings is 1. The average Bonchev–Trinajstić information content (AvgIpc) is 2.90. The van der Waals surface area contributed by atoms with Gasteiger partial charge in [-0.1, -0.05) is 24.4 Å². The second-order valence-electron chi connectivity index (χ2n) is 11.7. The topological polar surface area (TPSA) is 90.9 Å². The normalized spacial score (nSPS) is 21.3. The number of hydrogen-bond donors (Lipinski definition) is 1. The highest BCUT2D eigenvalue weighted by molar-refractivity contribution is 7.88. The van der Waals surface area contributed by atoms with E-state index in [2.05, 4.69) is 53.0 Å². The van der Waals surface area contributed by atoms with Crippen LogP contribution in [0.25, 0.3) is 0 Å². The highest BCUT2D eigenvalue weighted by Crippen LogP contribution is 2.35. The number of sulfonamides is 1. The minimum atomic E-state index is -3.28. The van der Waals surface area contributed by atoms with E-state index in [0.717, 1.165) is 68.9 Å². The van der Waals surface area contributed by atoms with E-state index in [1.54, 1.807) is 20.4 Å². The van der Waals surface area contributed by atoms with Gasteiger partial charge in [-0.25, -0.2) is 22.7 Å². The van der Waals surface area contributed by atoms with Crippen molar-refractivity contribution in [3.05, 3.63) is 35.1 Å². The van der Waals surface area contributed by atoms with Gasteiger partial charge in [-0.05, 0) is 58.1 Å². The van der Waals surface area contributed by atoms with Crippen molar-refractivity contribution in [3.8, 4) is 5.75 Å². The monoisotopic (exact) mass is 578 g/mol. The van der Waals surface area contributed by atoms with Crippen LogP contribution in [0.2, 0.25) is 5.02 Å². The average molecular weight is 579 g/mol. The Morgan fingerprint density at radius 3 is 2.49 bits per heavy atom. The fraction of sp³-hybridized carbons (Fsp3) is 0.643. The molecule has 39 heavy (non-hydrogen) atoms. The van der Waals surface area contributed by atoms with Gasteiger partial charge >= 0.3 is 0 Å². The standard InChI is InChI=1S/C28H43ClN6O3S/c1-28(2,3)35-15-13-34(14-16-35)21-11-12-23(26(18-21)38-5)31-27-30-19-22(29)24(32-27)17-20-9-7-8-10-25(20)33(4)39(6,36)37/h11-12,18-20,25H,7-10,13-17H2,1-6H3,(H,30,31,32)/t20-,25+/m0/s1. The number of halogens is 1. The van der Waals surface area contributed by atoms with Gasteiger partial charge < -0.3 is 15.0 Å². The van der Waals surface area contributed by atoms with Crippen LogP contribution in [0.1, 0.15) is 52.1 Å². The zero-order valence-corrected chi connectivity index (χ0v) is 25.6. The van der Waals surface area contributed by atoms with Gasteiger partial charge in [0.15, 0.2) is 0 Å². The third kappa shape index (κ3) is 7.34. The van der Waals surface area contributed by atoms with Crippen molar-refractivity contribution in [1.29, 1.82) is 0 Å². The van der Waals surface area contributed by atoms with E-state index in [1.807, 2.05) is 6.07 Å². The predicted octanol–water partition coefficient (Wildman–Crippen LogP) is 4.80. The summed E-state index contributed by atoms with van der Waals surface area (Å²) >= 11 is 6.52. The van der Waals surface area contributed by atoms with Crippen molar-refractivity contribution in [1.82, 2.24) is 19.2 Å². The molecule has 1 aromatic carbocycles. The van der Waals surface area contributed by atoms with E-state index in [1.165, 1.54) is 10.6 Å². The molecule has 1 aliphatic heterocycles. The third-order valence-electron chi connectivity index (χ3n) is 8.16. The SMILES string of the molecule is COc1cc(N2CCN(C(C)(C)C)CC2)ccc1Nc1ncc(Cl)c(C[C@@H]2CCCC[C@H]2N(C)S(C)(=O)=O)n1. The molecular formula is C28H43ClN6O3S. The molecule has 0 amide bonds. The maximum absolute atomic E-state index is 12.2. The number of hydrogen-bond acceptors (Lipinski definition) is 8. The highest BCUT2D eigenvalue weighted by Gasteiger charge is 2.33. The summed E-state index contributed by atoms with van der Waals surface area (Å²) in [5.41, 5.74) is 2.80. The Bertz CT molecular complexity index is 1240. The number of rotatable bonds is 8. The van der Waals surface area contributed by atoms with Crippen LogP contribution in [-0.2, 0) is 16.4 Å². The molecule has 216 valence electrons. The highest BCUT2D eigenvalue weighted by atomic mass is 35.5. The van der Waals surface area contributed by atoms with E-state index in [9.17, 15) is 8.42 Å². The summed E-state index contributed by atoms with van der Waals surface area (Å²) in [5, 5.41) is 3.79. The van der Waals surface area contributed by atoms with Crippen LogP contribution in [0.15, 0.2) is 24.4 Å². The summed E-state index contributed by atoms with van der Waals surface area (Å²) in [4.78, 5) is 14.1. The summed E-state index contributed by atoms with van der Waals surface area (Å²) in [5.74, 6) is 1.29. The van der Waals surface area contributed by atoms with Gasteiger partial charge in [-0.3, -0.25) is 4.90 Å². The van der Waals surface area contributed by atoms with Gasteiger partial charge in [0.25, 0.3) is 0 Å². The van der Waals surface area contributed by atoms with E-state index >= 15 is 0 Å². The maximum atomic E-state index is 12.2. The molecule has 1 aliphatic carbocycles. The minimum Gasteiger partial charge on any atom is -0.494 e. The number of methoxy groups -OCH3 is 1. The molecule has 11 heteroatoms. The van der Waals surface area contributed by atoms with Gasteiger partial charge in [0.1, 0.15) is 5.75 Å². The van der Waals surface area contributed by atoms with Crippen LogP contribution in [0.5, 0.6) is 5.75 Å². The molecule has 1 aromatic heterocycles. The van der Waals surface area contributed by atoms with E-state index < -0.39 is 10.0 Å². The Morgan fingerprint density at radius 2 is 1.85 bits per heavy atom. The first-order valence-electron chi connectivity index (χ1n) is 13.8. The Labute approximate surface area is 238 Å². The molecule has 1 saturated carbocycles. The molecular weight excluding hydrogens is 536 g/mol. The second-order valence-corrected chi connectivity index (χ2v) is 14.2. The first-order valence-corrected chi connectivity index (χ1v) is 16.0. The second kappa shape index (κ2) is 12.2. The zero-order chi connectivity index (χ0) is 28.4. The van der Waals surface area contributed by atoms with Crippen molar-refractivity contribution < 1.29 is 13.2 Å². The molecule has 0 spiro atoms. The van der Waals surface area contributed by atoms with Gasteiger partial charge in [0.2, 0.25) is 16.0 Å². The quantitative estimate of drug-likeness (QED) is 0.478. The number of nitrogens with zero attached hydrogens (tertiary/aromatic N) is 5. The fourth-order valence-corrected chi connectivity index (χ4v) is 6.68. The molecule has 1 saturated heterocycles. The first kappa shape index (κ1) is 29.8. The summed E-state index contributed by atoms with van der Waals surface area (Å²) in [6.45, 7) is 10.8. The van der Waals surface area contributed by atoms with Crippen LogP contribution < -0.4 is 15.0 Å². The van der Waals surface area contributed by atoms with Crippen LogP contribution in [0.4, 0.5) is 17.3 Å². The van der Waals surface area contributed by atoms with Crippen molar-refractivity contribution in [2.75, 3.05) is 56.8 Å². The number of ether oxygens (including phenoxy) is 1. The summed E-state index contributed by atoms with van der Waals surface area (Å²) < 4.78 is 31.7. The molecule has 2 aromatic rings. The first-order chi connectivity index (χ1) is 18.4. The summed E-state index contributed by atoms with van der Waals surface area (Å²) in [6.07, 6.45) is 7.35. The number of anilines is 3. The molecule has 2 atom stereocenters.